The maximum Gasteiger partial charge on any atom is 0.277 e. The number of aromatic nitrogens is 4. The first-order valence-electron chi connectivity index (χ1n) is 6.64. The topological polar surface area (TPSA) is 77.8 Å². The summed E-state index contributed by atoms with van der Waals surface area (Å²) in [5.74, 6) is 1.77. The molecule has 0 bridgehead atoms. The summed E-state index contributed by atoms with van der Waals surface area (Å²) in [7, 11) is 0. The van der Waals surface area contributed by atoms with Crippen molar-refractivity contribution in [3.05, 3.63) is 42.0 Å². The molecule has 0 aliphatic heterocycles. The van der Waals surface area contributed by atoms with Gasteiger partial charge in [0.25, 0.3) is 5.22 Å². The van der Waals surface area contributed by atoms with E-state index in [0.717, 1.165) is 12.0 Å². The Balaban J connectivity index is 1.72. The molecule has 0 saturated carbocycles. The molecule has 7 heteroatoms. The Morgan fingerprint density at radius 2 is 2.00 bits per heavy atom. The molecule has 3 rings (SSSR count). The number of thioether (sulfide) groups is 1. The SMILES string of the molecule is CCc1noc(C(C)Sc2nnc(-c3ccccc3)o2)n1. The third-order valence-corrected chi connectivity index (χ3v) is 3.77. The van der Waals surface area contributed by atoms with Crippen molar-refractivity contribution in [1.82, 2.24) is 20.3 Å². The van der Waals surface area contributed by atoms with Crippen LogP contribution in [0.4, 0.5) is 0 Å². The van der Waals surface area contributed by atoms with Crippen LogP contribution in [-0.2, 0) is 6.42 Å². The molecule has 3 aromatic rings. The monoisotopic (exact) mass is 302 g/mol. The Kier molecular flexibility index (Phi) is 4.01. The van der Waals surface area contributed by atoms with E-state index in [1.165, 1.54) is 11.8 Å². The van der Waals surface area contributed by atoms with Gasteiger partial charge in [-0.15, -0.1) is 10.2 Å². The van der Waals surface area contributed by atoms with Crippen molar-refractivity contribution in [3.63, 3.8) is 0 Å². The molecule has 0 aliphatic rings. The van der Waals surface area contributed by atoms with Crippen molar-refractivity contribution in [3.8, 4) is 11.5 Å². The number of nitrogens with zero attached hydrogens (tertiary/aromatic N) is 4. The summed E-state index contributed by atoms with van der Waals surface area (Å²) in [6, 6.07) is 9.66. The van der Waals surface area contributed by atoms with Gasteiger partial charge in [-0.2, -0.15) is 4.98 Å². The smallest absolute Gasteiger partial charge is 0.277 e. The van der Waals surface area contributed by atoms with E-state index in [0.29, 0.717) is 22.8 Å². The van der Waals surface area contributed by atoms with E-state index in [4.69, 9.17) is 8.94 Å². The highest BCUT2D eigenvalue weighted by Crippen LogP contribution is 2.34. The second kappa shape index (κ2) is 6.09. The van der Waals surface area contributed by atoms with Crippen molar-refractivity contribution in [2.75, 3.05) is 0 Å². The van der Waals surface area contributed by atoms with Crippen molar-refractivity contribution >= 4 is 11.8 Å². The number of rotatable bonds is 5. The molecule has 1 aromatic carbocycles. The summed E-state index contributed by atoms with van der Waals surface area (Å²) in [4.78, 5) is 4.30. The minimum Gasteiger partial charge on any atom is -0.411 e. The molecule has 0 amide bonds. The van der Waals surface area contributed by atoms with Gasteiger partial charge in [-0.05, 0) is 19.1 Å². The second-order valence-electron chi connectivity index (χ2n) is 4.40. The Morgan fingerprint density at radius 1 is 1.19 bits per heavy atom. The van der Waals surface area contributed by atoms with E-state index in [2.05, 4.69) is 20.3 Å². The van der Waals surface area contributed by atoms with Crippen LogP contribution in [0.25, 0.3) is 11.5 Å². The van der Waals surface area contributed by atoms with Gasteiger partial charge in [-0.3, -0.25) is 0 Å². The number of benzene rings is 1. The van der Waals surface area contributed by atoms with Gasteiger partial charge < -0.3 is 8.94 Å². The summed E-state index contributed by atoms with van der Waals surface area (Å²) in [6.45, 7) is 3.95. The Labute approximate surface area is 126 Å². The average molecular weight is 302 g/mol. The first-order valence-corrected chi connectivity index (χ1v) is 7.52. The quantitative estimate of drug-likeness (QED) is 0.667. The molecule has 1 atom stereocenters. The standard InChI is InChI=1S/C14H14N4O2S/c1-3-11-15-12(20-18-11)9(2)21-14-17-16-13(19-14)10-7-5-4-6-8-10/h4-9H,3H2,1-2H3. The summed E-state index contributed by atoms with van der Waals surface area (Å²) in [6.07, 6.45) is 0.750. The molecule has 21 heavy (non-hydrogen) atoms. The molecule has 0 N–H and O–H groups in total. The van der Waals surface area contributed by atoms with Gasteiger partial charge in [0.1, 0.15) is 0 Å². The largest absolute Gasteiger partial charge is 0.411 e. The van der Waals surface area contributed by atoms with Gasteiger partial charge in [0, 0.05) is 12.0 Å². The minimum atomic E-state index is -0.0399. The predicted octanol–water partition coefficient (Wildman–Crippen LogP) is 3.54. The number of aryl methyl sites for hydroxylation is 1. The van der Waals surface area contributed by atoms with Crippen LogP contribution in [0, 0.1) is 0 Å². The molecular formula is C14H14N4O2S. The minimum absolute atomic E-state index is 0.0399. The Hall–Kier alpha value is -2.15. The first-order chi connectivity index (χ1) is 10.3. The molecule has 2 aromatic heterocycles. The van der Waals surface area contributed by atoms with Crippen LogP contribution in [0.15, 0.2) is 44.5 Å². The van der Waals surface area contributed by atoms with Crippen LogP contribution >= 0.6 is 11.8 Å². The van der Waals surface area contributed by atoms with E-state index >= 15 is 0 Å². The van der Waals surface area contributed by atoms with Crippen LogP contribution in [0.3, 0.4) is 0 Å². The van der Waals surface area contributed by atoms with E-state index in [-0.39, 0.29) is 5.25 Å². The lowest BCUT2D eigenvalue weighted by Crippen LogP contribution is -1.90. The van der Waals surface area contributed by atoms with Gasteiger partial charge in [0.15, 0.2) is 5.82 Å². The fourth-order valence-corrected chi connectivity index (χ4v) is 2.45. The zero-order valence-electron chi connectivity index (χ0n) is 11.7. The van der Waals surface area contributed by atoms with Crippen molar-refractivity contribution in [2.24, 2.45) is 0 Å². The van der Waals surface area contributed by atoms with E-state index in [1.807, 2.05) is 44.2 Å². The fraction of sp³-hybridized carbons (Fsp3) is 0.286. The molecule has 6 nitrogen and oxygen atoms in total. The van der Waals surface area contributed by atoms with Crippen LogP contribution < -0.4 is 0 Å². The van der Waals surface area contributed by atoms with Crippen LogP contribution in [0.2, 0.25) is 0 Å². The Morgan fingerprint density at radius 3 is 2.71 bits per heavy atom. The fourth-order valence-electron chi connectivity index (χ4n) is 1.73. The van der Waals surface area contributed by atoms with Gasteiger partial charge in [0.05, 0.1) is 5.25 Å². The summed E-state index contributed by atoms with van der Waals surface area (Å²) in [5, 5.41) is 12.4. The molecule has 0 radical (unpaired) electrons. The Bertz CT molecular complexity index is 711. The van der Waals surface area contributed by atoms with Gasteiger partial charge in [0.2, 0.25) is 11.8 Å². The first kappa shape index (κ1) is 13.8. The van der Waals surface area contributed by atoms with E-state index < -0.39 is 0 Å². The summed E-state index contributed by atoms with van der Waals surface area (Å²) < 4.78 is 10.9. The third-order valence-electron chi connectivity index (χ3n) is 2.85. The van der Waals surface area contributed by atoms with E-state index in [9.17, 15) is 0 Å². The lowest BCUT2D eigenvalue weighted by atomic mass is 10.2. The molecule has 0 spiro atoms. The highest BCUT2D eigenvalue weighted by atomic mass is 32.2. The maximum absolute atomic E-state index is 5.65. The van der Waals surface area contributed by atoms with Crippen LogP contribution in [0.5, 0.6) is 0 Å². The average Bonchev–Trinajstić information content (AvgIpc) is 3.17. The molecule has 0 aliphatic carbocycles. The summed E-state index contributed by atoms with van der Waals surface area (Å²) >= 11 is 1.40. The number of hydrogen-bond acceptors (Lipinski definition) is 7. The molecule has 0 fully saturated rings. The molecule has 2 heterocycles. The lowest BCUT2D eigenvalue weighted by Gasteiger charge is -2.00. The highest BCUT2D eigenvalue weighted by molar-refractivity contribution is 7.99. The zero-order chi connectivity index (χ0) is 14.7. The maximum atomic E-state index is 5.65. The molecule has 0 saturated heterocycles. The summed E-state index contributed by atoms with van der Waals surface area (Å²) in [5.41, 5.74) is 0.899. The van der Waals surface area contributed by atoms with Crippen molar-refractivity contribution in [1.29, 1.82) is 0 Å². The highest BCUT2D eigenvalue weighted by Gasteiger charge is 2.19. The van der Waals surface area contributed by atoms with Crippen molar-refractivity contribution in [2.45, 2.75) is 30.7 Å². The molecule has 1 unspecified atom stereocenters. The van der Waals surface area contributed by atoms with Gasteiger partial charge in [-0.25, -0.2) is 0 Å². The third kappa shape index (κ3) is 3.13. The van der Waals surface area contributed by atoms with E-state index in [1.54, 1.807) is 0 Å². The van der Waals surface area contributed by atoms with Crippen molar-refractivity contribution < 1.29 is 8.94 Å². The second-order valence-corrected chi connectivity index (χ2v) is 5.69. The van der Waals surface area contributed by atoms with Gasteiger partial charge >= 0.3 is 0 Å². The molecular weight excluding hydrogens is 288 g/mol. The van der Waals surface area contributed by atoms with Gasteiger partial charge in [-0.1, -0.05) is 42.0 Å². The molecule has 108 valence electrons. The zero-order valence-corrected chi connectivity index (χ0v) is 12.5. The van der Waals surface area contributed by atoms with Crippen LogP contribution in [-0.4, -0.2) is 20.3 Å². The van der Waals surface area contributed by atoms with Crippen LogP contribution in [0.1, 0.15) is 30.8 Å². The number of hydrogen-bond donors (Lipinski definition) is 0. The lowest BCUT2D eigenvalue weighted by molar-refractivity contribution is 0.374. The normalized spacial score (nSPS) is 12.5. The predicted molar refractivity (Wildman–Crippen MR) is 77.7 cm³/mol.